The predicted octanol–water partition coefficient (Wildman–Crippen LogP) is 3.78. The Kier molecular flexibility index (Phi) is 5.67. The van der Waals surface area contributed by atoms with Crippen molar-refractivity contribution in [3.63, 3.8) is 0 Å². The molecule has 0 amide bonds. The zero-order valence-corrected chi connectivity index (χ0v) is 13.5. The van der Waals surface area contributed by atoms with Crippen LogP contribution < -0.4 is 4.74 Å². The summed E-state index contributed by atoms with van der Waals surface area (Å²) in [5, 5.41) is 10.3. The molecule has 1 aliphatic heterocycles. The van der Waals surface area contributed by atoms with Crippen LogP contribution in [0.25, 0.3) is 0 Å². The van der Waals surface area contributed by atoms with Gasteiger partial charge in [0, 0.05) is 6.54 Å². The van der Waals surface area contributed by atoms with E-state index in [-0.39, 0.29) is 0 Å². The van der Waals surface area contributed by atoms with E-state index >= 15 is 0 Å². The summed E-state index contributed by atoms with van der Waals surface area (Å²) in [5.41, 5.74) is 2.12. The highest BCUT2D eigenvalue weighted by molar-refractivity contribution is 5.29. The molecule has 1 fully saturated rings. The van der Waals surface area contributed by atoms with Crippen LogP contribution in [0, 0.1) is 0 Å². The Bertz CT molecular complexity index is 576. The summed E-state index contributed by atoms with van der Waals surface area (Å²) in [6, 6.07) is 17.9. The summed E-state index contributed by atoms with van der Waals surface area (Å²) >= 11 is 0. The van der Waals surface area contributed by atoms with Crippen molar-refractivity contribution in [2.45, 2.75) is 32.0 Å². The standard InChI is InChI=1S/C20H25NO2/c22-20(12-15-21-13-4-5-14-21)18-8-10-19(11-9-18)23-16-17-6-2-1-3-7-17/h1-3,6-11,20,22H,4-5,12-16H2/t20-/m0/s1. The number of rotatable bonds is 7. The molecule has 1 aliphatic rings. The molecule has 2 aromatic rings. The number of benzene rings is 2. The van der Waals surface area contributed by atoms with E-state index in [1.54, 1.807) is 0 Å². The van der Waals surface area contributed by atoms with Gasteiger partial charge in [0.15, 0.2) is 0 Å². The minimum atomic E-state index is -0.390. The predicted molar refractivity (Wildman–Crippen MR) is 92.5 cm³/mol. The summed E-state index contributed by atoms with van der Waals surface area (Å²) < 4.78 is 5.78. The van der Waals surface area contributed by atoms with Gasteiger partial charge in [-0.25, -0.2) is 0 Å². The van der Waals surface area contributed by atoms with Crippen molar-refractivity contribution in [2.24, 2.45) is 0 Å². The molecule has 3 nitrogen and oxygen atoms in total. The van der Waals surface area contributed by atoms with Crippen molar-refractivity contribution in [1.82, 2.24) is 4.90 Å². The molecule has 3 rings (SSSR count). The van der Waals surface area contributed by atoms with Crippen LogP contribution in [0.1, 0.15) is 36.5 Å². The topological polar surface area (TPSA) is 32.7 Å². The molecule has 23 heavy (non-hydrogen) atoms. The maximum atomic E-state index is 10.3. The van der Waals surface area contributed by atoms with Crippen LogP contribution in [-0.2, 0) is 6.61 Å². The molecule has 0 spiro atoms. The fourth-order valence-electron chi connectivity index (χ4n) is 3.00. The lowest BCUT2D eigenvalue weighted by Gasteiger charge is -2.18. The van der Waals surface area contributed by atoms with Gasteiger partial charge >= 0.3 is 0 Å². The molecule has 1 atom stereocenters. The van der Waals surface area contributed by atoms with Crippen molar-refractivity contribution in [2.75, 3.05) is 19.6 Å². The Hall–Kier alpha value is -1.84. The van der Waals surface area contributed by atoms with Crippen LogP contribution in [0.5, 0.6) is 5.75 Å². The van der Waals surface area contributed by atoms with Gasteiger partial charge in [-0.15, -0.1) is 0 Å². The maximum Gasteiger partial charge on any atom is 0.119 e. The van der Waals surface area contributed by atoms with Gasteiger partial charge in [-0.05, 0) is 55.6 Å². The van der Waals surface area contributed by atoms with Crippen molar-refractivity contribution in [3.8, 4) is 5.75 Å². The summed E-state index contributed by atoms with van der Waals surface area (Å²) in [4.78, 5) is 2.43. The number of ether oxygens (including phenoxy) is 1. The largest absolute Gasteiger partial charge is 0.489 e. The molecule has 0 unspecified atom stereocenters. The van der Waals surface area contributed by atoms with Crippen molar-refractivity contribution in [1.29, 1.82) is 0 Å². The number of hydrogen-bond donors (Lipinski definition) is 1. The first-order valence-corrected chi connectivity index (χ1v) is 8.48. The molecule has 0 aromatic heterocycles. The highest BCUT2D eigenvalue weighted by atomic mass is 16.5. The van der Waals surface area contributed by atoms with Crippen LogP contribution in [0.3, 0.4) is 0 Å². The van der Waals surface area contributed by atoms with Gasteiger partial charge in [0.05, 0.1) is 6.10 Å². The van der Waals surface area contributed by atoms with Crippen LogP contribution in [-0.4, -0.2) is 29.6 Å². The zero-order chi connectivity index (χ0) is 15.9. The Morgan fingerprint density at radius 3 is 2.35 bits per heavy atom. The summed E-state index contributed by atoms with van der Waals surface area (Å²) in [6.45, 7) is 3.91. The minimum absolute atomic E-state index is 0.390. The average molecular weight is 311 g/mol. The Morgan fingerprint density at radius 2 is 1.65 bits per heavy atom. The third-order valence-electron chi connectivity index (χ3n) is 4.43. The highest BCUT2D eigenvalue weighted by Gasteiger charge is 2.14. The van der Waals surface area contributed by atoms with Gasteiger partial charge in [0.25, 0.3) is 0 Å². The van der Waals surface area contributed by atoms with E-state index in [9.17, 15) is 5.11 Å². The number of likely N-dealkylation sites (tertiary alicyclic amines) is 1. The SMILES string of the molecule is O[C@@H](CCN1CCCC1)c1ccc(OCc2ccccc2)cc1. The quantitative estimate of drug-likeness (QED) is 0.844. The molecule has 122 valence electrons. The van der Waals surface area contributed by atoms with Crippen molar-refractivity contribution >= 4 is 0 Å². The smallest absolute Gasteiger partial charge is 0.119 e. The molecule has 3 heteroatoms. The summed E-state index contributed by atoms with van der Waals surface area (Å²) in [5.74, 6) is 0.837. The lowest BCUT2D eigenvalue weighted by Crippen LogP contribution is -2.22. The van der Waals surface area contributed by atoms with E-state index in [4.69, 9.17) is 4.74 Å². The second kappa shape index (κ2) is 8.14. The van der Waals surface area contributed by atoms with E-state index in [0.717, 1.165) is 29.8 Å². The van der Waals surface area contributed by atoms with Gasteiger partial charge in [0.2, 0.25) is 0 Å². The molecule has 1 N–H and O–H groups in total. The fourth-order valence-corrected chi connectivity index (χ4v) is 3.00. The Morgan fingerprint density at radius 1 is 0.957 bits per heavy atom. The average Bonchev–Trinajstić information content (AvgIpc) is 3.13. The first-order chi connectivity index (χ1) is 11.3. The van der Waals surface area contributed by atoms with Crippen molar-refractivity contribution in [3.05, 3.63) is 65.7 Å². The Balaban J connectivity index is 1.47. The fraction of sp³-hybridized carbons (Fsp3) is 0.400. The second-order valence-corrected chi connectivity index (χ2v) is 6.20. The molecule has 0 bridgehead atoms. The minimum Gasteiger partial charge on any atom is -0.489 e. The number of hydrogen-bond acceptors (Lipinski definition) is 3. The molecule has 2 aromatic carbocycles. The zero-order valence-electron chi connectivity index (χ0n) is 13.5. The van der Waals surface area contributed by atoms with Crippen LogP contribution in [0.15, 0.2) is 54.6 Å². The van der Waals surface area contributed by atoms with Crippen LogP contribution in [0.4, 0.5) is 0 Å². The van der Waals surface area contributed by atoms with Gasteiger partial charge in [-0.3, -0.25) is 0 Å². The molecular weight excluding hydrogens is 286 g/mol. The number of aliphatic hydroxyl groups excluding tert-OH is 1. The lowest BCUT2D eigenvalue weighted by molar-refractivity contribution is 0.149. The van der Waals surface area contributed by atoms with E-state index in [1.807, 2.05) is 42.5 Å². The maximum absolute atomic E-state index is 10.3. The molecular formula is C20H25NO2. The van der Waals surface area contributed by atoms with E-state index in [2.05, 4.69) is 17.0 Å². The molecule has 1 saturated heterocycles. The molecule has 0 radical (unpaired) electrons. The molecule has 0 saturated carbocycles. The van der Waals surface area contributed by atoms with Crippen LogP contribution in [0.2, 0.25) is 0 Å². The normalized spacial score (nSPS) is 16.4. The molecule has 0 aliphatic carbocycles. The van der Waals surface area contributed by atoms with Gasteiger partial charge in [0.1, 0.15) is 12.4 Å². The van der Waals surface area contributed by atoms with Gasteiger partial charge < -0.3 is 14.7 Å². The van der Waals surface area contributed by atoms with Crippen molar-refractivity contribution < 1.29 is 9.84 Å². The van der Waals surface area contributed by atoms with E-state index < -0.39 is 6.10 Å². The second-order valence-electron chi connectivity index (χ2n) is 6.20. The van der Waals surface area contributed by atoms with E-state index in [1.165, 1.54) is 25.9 Å². The van der Waals surface area contributed by atoms with Gasteiger partial charge in [-0.2, -0.15) is 0 Å². The first kappa shape index (κ1) is 16.0. The summed E-state index contributed by atoms with van der Waals surface area (Å²) in [6.07, 6.45) is 3.00. The van der Waals surface area contributed by atoms with Gasteiger partial charge in [-0.1, -0.05) is 42.5 Å². The Labute approximate surface area is 138 Å². The molecule has 1 heterocycles. The monoisotopic (exact) mass is 311 g/mol. The third kappa shape index (κ3) is 4.81. The van der Waals surface area contributed by atoms with Crippen LogP contribution >= 0.6 is 0 Å². The summed E-state index contributed by atoms with van der Waals surface area (Å²) in [7, 11) is 0. The highest BCUT2D eigenvalue weighted by Crippen LogP contribution is 2.22. The first-order valence-electron chi connectivity index (χ1n) is 8.48. The number of aliphatic hydroxyl groups is 1. The third-order valence-corrected chi connectivity index (χ3v) is 4.43. The van der Waals surface area contributed by atoms with E-state index in [0.29, 0.717) is 6.61 Å². The lowest BCUT2D eigenvalue weighted by atomic mass is 10.1. The number of nitrogens with zero attached hydrogens (tertiary/aromatic N) is 1.